The van der Waals surface area contributed by atoms with Crippen LogP contribution in [0.3, 0.4) is 0 Å². The molecule has 134 valence electrons. The van der Waals surface area contributed by atoms with Gasteiger partial charge in [0.05, 0.1) is 6.61 Å². The van der Waals surface area contributed by atoms with E-state index in [1.165, 1.54) is 83.5 Å². The molecular formula is C22H40O. The van der Waals surface area contributed by atoms with Crippen LogP contribution in [-0.4, -0.2) is 13.2 Å². The summed E-state index contributed by atoms with van der Waals surface area (Å²) in [7, 11) is 0. The first-order valence-corrected chi connectivity index (χ1v) is 10.5. The Morgan fingerprint density at radius 3 is 2.00 bits per heavy atom. The van der Waals surface area contributed by atoms with Gasteiger partial charge in [0.15, 0.2) is 0 Å². The third kappa shape index (κ3) is 6.99. The third-order valence-corrected chi connectivity index (χ3v) is 6.50. The van der Waals surface area contributed by atoms with E-state index in [9.17, 15) is 0 Å². The maximum Gasteiger partial charge on any atom is 0.0644 e. The molecule has 0 amide bonds. The zero-order chi connectivity index (χ0) is 16.3. The maximum atomic E-state index is 5.65. The Hall–Kier alpha value is -0.300. The van der Waals surface area contributed by atoms with Crippen molar-refractivity contribution < 1.29 is 4.74 Å². The fourth-order valence-electron chi connectivity index (χ4n) is 4.95. The molecule has 1 heteroatoms. The highest BCUT2D eigenvalue weighted by Gasteiger charge is 2.30. The van der Waals surface area contributed by atoms with Gasteiger partial charge in [0.2, 0.25) is 0 Å². The van der Waals surface area contributed by atoms with Gasteiger partial charge >= 0.3 is 0 Å². The van der Waals surface area contributed by atoms with E-state index in [0.717, 1.165) is 36.9 Å². The minimum absolute atomic E-state index is 0.724. The zero-order valence-corrected chi connectivity index (χ0v) is 15.6. The Kier molecular flexibility index (Phi) is 9.34. The lowest BCUT2D eigenvalue weighted by molar-refractivity contribution is 0.0779. The number of rotatable bonds is 10. The number of unbranched alkanes of at least 4 members (excludes halogenated alkanes) is 3. The van der Waals surface area contributed by atoms with Gasteiger partial charge in [-0.1, -0.05) is 57.9 Å². The monoisotopic (exact) mass is 320 g/mol. The predicted octanol–water partition coefficient (Wildman–Crippen LogP) is 6.77. The minimum Gasteiger partial charge on any atom is -0.377 e. The second-order valence-electron chi connectivity index (χ2n) is 8.24. The molecule has 0 unspecified atom stereocenters. The van der Waals surface area contributed by atoms with E-state index < -0.39 is 0 Å². The maximum absolute atomic E-state index is 5.65. The predicted molar refractivity (Wildman–Crippen MR) is 101 cm³/mol. The van der Waals surface area contributed by atoms with Crippen molar-refractivity contribution >= 4 is 0 Å². The summed E-state index contributed by atoms with van der Waals surface area (Å²) in [6.45, 7) is 7.72. The summed E-state index contributed by atoms with van der Waals surface area (Å²) < 4.78 is 5.65. The van der Waals surface area contributed by atoms with E-state index in [2.05, 4.69) is 13.5 Å². The van der Waals surface area contributed by atoms with Crippen LogP contribution >= 0.6 is 0 Å². The van der Waals surface area contributed by atoms with Crippen LogP contribution in [0.15, 0.2) is 12.7 Å². The molecule has 0 atom stereocenters. The first-order valence-electron chi connectivity index (χ1n) is 10.5. The topological polar surface area (TPSA) is 9.23 Å². The van der Waals surface area contributed by atoms with Gasteiger partial charge in [-0.2, -0.15) is 0 Å². The lowest BCUT2D eigenvalue weighted by Gasteiger charge is -2.38. The molecule has 2 saturated carbocycles. The van der Waals surface area contributed by atoms with Crippen LogP contribution in [-0.2, 0) is 4.74 Å². The molecule has 2 aliphatic carbocycles. The van der Waals surface area contributed by atoms with Gasteiger partial charge in [0.25, 0.3) is 0 Å². The summed E-state index contributed by atoms with van der Waals surface area (Å²) in [5, 5.41) is 0. The van der Waals surface area contributed by atoms with E-state index in [-0.39, 0.29) is 0 Å². The average Bonchev–Trinajstić information content (AvgIpc) is 2.60. The first-order chi connectivity index (χ1) is 11.3. The summed E-state index contributed by atoms with van der Waals surface area (Å²) in [4.78, 5) is 0. The molecular weight excluding hydrogens is 280 g/mol. The lowest BCUT2D eigenvalue weighted by atomic mass is 9.69. The SMILES string of the molecule is C=CCOC[C@H]1CC[C@H]([C@H]2CC[C@H](CCCCCC)CC2)CC1. The highest BCUT2D eigenvalue weighted by molar-refractivity contribution is 4.82. The van der Waals surface area contributed by atoms with Crippen molar-refractivity contribution in [1.82, 2.24) is 0 Å². The molecule has 23 heavy (non-hydrogen) atoms. The van der Waals surface area contributed by atoms with Gasteiger partial charge in [-0.3, -0.25) is 0 Å². The zero-order valence-electron chi connectivity index (χ0n) is 15.6. The molecule has 0 aromatic rings. The largest absolute Gasteiger partial charge is 0.377 e. The van der Waals surface area contributed by atoms with Crippen molar-refractivity contribution in [2.45, 2.75) is 90.4 Å². The fraction of sp³-hybridized carbons (Fsp3) is 0.909. The smallest absolute Gasteiger partial charge is 0.0644 e. The van der Waals surface area contributed by atoms with Gasteiger partial charge in [-0.05, 0) is 62.2 Å². The Morgan fingerprint density at radius 1 is 0.826 bits per heavy atom. The van der Waals surface area contributed by atoms with E-state index in [4.69, 9.17) is 4.74 Å². The van der Waals surface area contributed by atoms with Crippen LogP contribution in [0.4, 0.5) is 0 Å². The molecule has 0 spiro atoms. The van der Waals surface area contributed by atoms with E-state index >= 15 is 0 Å². The van der Waals surface area contributed by atoms with E-state index in [0.29, 0.717) is 0 Å². The van der Waals surface area contributed by atoms with Crippen molar-refractivity contribution in [3.8, 4) is 0 Å². The Bertz CT molecular complexity index is 295. The summed E-state index contributed by atoms with van der Waals surface area (Å²) in [5.74, 6) is 3.97. The van der Waals surface area contributed by atoms with E-state index in [1.54, 1.807) is 0 Å². The van der Waals surface area contributed by atoms with Crippen molar-refractivity contribution in [3.05, 3.63) is 12.7 Å². The van der Waals surface area contributed by atoms with Crippen LogP contribution < -0.4 is 0 Å². The molecule has 0 saturated heterocycles. The van der Waals surface area contributed by atoms with Crippen LogP contribution in [0.25, 0.3) is 0 Å². The first kappa shape index (κ1) is 19.0. The highest BCUT2D eigenvalue weighted by Crippen LogP contribution is 2.42. The normalized spacial score (nSPS) is 31.9. The average molecular weight is 321 g/mol. The van der Waals surface area contributed by atoms with E-state index in [1.807, 2.05) is 6.08 Å². The van der Waals surface area contributed by atoms with Gasteiger partial charge in [-0.15, -0.1) is 6.58 Å². The molecule has 2 rings (SSSR count). The number of hydrogen-bond acceptors (Lipinski definition) is 1. The van der Waals surface area contributed by atoms with Gasteiger partial charge in [0, 0.05) is 6.61 Å². The Balaban J connectivity index is 1.56. The molecule has 0 N–H and O–H groups in total. The molecule has 0 aromatic heterocycles. The van der Waals surface area contributed by atoms with Crippen LogP contribution in [0.1, 0.15) is 90.4 Å². The van der Waals surface area contributed by atoms with Crippen molar-refractivity contribution in [2.75, 3.05) is 13.2 Å². The summed E-state index contributed by atoms with van der Waals surface area (Å²) in [6.07, 6.45) is 21.0. The standard InChI is InChI=1S/C22H40O/c1-3-5-6-7-8-19-9-13-21(14-10-19)22-15-11-20(12-16-22)18-23-17-4-2/h4,19-22H,2-3,5-18H2,1H3/t19-,20-,21-,22-. The Morgan fingerprint density at radius 2 is 1.43 bits per heavy atom. The second-order valence-corrected chi connectivity index (χ2v) is 8.24. The molecule has 2 fully saturated rings. The summed E-state index contributed by atoms with van der Waals surface area (Å²) in [6, 6.07) is 0. The van der Waals surface area contributed by atoms with Gasteiger partial charge in [-0.25, -0.2) is 0 Å². The molecule has 0 radical (unpaired) electrons. The van der Waals surface area contributed by atoms with Crippen molar-refractivity contribution in [2.24, 2.45) is 23.7 Å². The highest BCUT2D eigenvalue weighted by atomic mass is 16.5. The molecule has 0 aliphatic heterocycles. The summed E-state index contributed by atoms with van der Waals surface area (Å²) in [5.41, 5.74) is 0. The van der Waals surface area contributed by atoms with Crippen molar-refractivity contribution in [1.29, 1.82) is 0 Å². The van der Waals surface area contributed by atoms with Crippen LogP contribution in [0.2, 0.25) is 0 Å². The minimum atomic E-state index is 0.724. The third-order valence-electron chi connectivity index (χ3n) is 6.50. The fourth-order valence-corrected chi connectivity index (χ4v) is 4.95. The second kappa shape index (κ2) is 11.3. The van der Waals surface area contributed by atoms with Gasteiger partial charge < -0.3 is 4.74 Å². The molecule has 0 bridgehead atoms. The number of hydrogen-bond donors (Lipinski definition) is 0. The molecule has 1 nitrogen and oxygen atoms in total. The summed E-state index contributed by atoms with van der Waals surface area (Å²) >= 11 is 0. The quantitative estimate of drug-likeness (QED) is 0.319. The van der Waals surface area contributed by atoms with Gasteiger partial charge in [0.1, 0.15) is 0 Å². The Labute approximate surface area is 145 Å². The number of ether oxygens (including phenoxy) is 1. The molecule has 2 aliphatic rings. The van der Waals surface area contributed by atoms with Crippen LogP contribution in [0.5, 0.6) is 0 Å². The molecule has 0 aromatic carbocycles. The van der Waals surface area contributed by atoms with Crippen molar-refractivity contribution in [3.63, 3.8) is 0 Å². The lowest BCUT2D eigenvalue weighted by Crippen LogP contribution is -2.27. The van der Waals surface area contributed by atoms with Crippen LogP contribution in [0, 0.1) is 23.7 Å². The molecule has 0 heterocycles.